The van der Waals surface area contributed by atoms with Crippen LogP contribution in [0.3, 0.4) is 0 Å². The van der Waals surface area contributed by atoms with Gasteiger partial charge in [-0.05, 0) is 6.42 Å². The van der Waals surface area contributed by atoms with Crippen molar-refractivity contribution in [1.82, 2.24) is 5.12 Å². The van der Waals surface area contributed by atoms with Crippen molar-refractivity contribution in [2.45, 2.75) is 18.6 Å². The molecule has 1 atom stereocenters. The van der Waals surface area contributed by atoms with Gasteiger partial charge in [-0.3, -0.25) is 0 Å². The van der Waals surface area contributed by atoms with Gasteiger partial charge in [0.1, 0.15) is 6.07 Å². The maximum atomic E-state index is 12.6. The summed E-state index contributed by atoms with van der Waals surface area (Å²) in [4.78, 5) is 0. The first kappa shape index (κ1) is 6.43. The predicted molar refractivity (Wildman–Crippen MR) is 26.5 cm³/mol. The summed E-state index contributed by atoms with van der Waals surface area (Å²) in [7, 11) is 0. The molecule has 0 amide bonds. The van der Waals surface area contributed by atoms with E-state index in [1.807, 2.05) is 0 Å². The van der Waals surface area contributed by atoms with Gasteiger partial charge in [0, 0.05) is 13.0 Å². The third-order valence-electron chi connectivity index (χ3n) is 1.42. The Bertz CT molecular complexity index is 154. The van der Waals surface area contributed by atoms with E-state index in [-0.39, 0.29) is 18.1 Å². The standard InChI is InChI=1S/C5H6F2N2/c6-5(4-8)2-1-3-9(5)7/h1-3H2/t5-/m1/s1. The quantitative estimate of drug-likeness (QED) is 0.365. The van der Waals surface area contributed by atoms with Crippen LogP contribution in [0.5, 0.6) is 0 Å². The molecule has 0 radical (unpaired) electrons. The maximum Gasteiger partial charge on any atom is 0.275 e. The van der Waals surface area contributed by atoms with Crippen molar-refractivity contribution in [3.63, 3.8) is 0 Å². The number of alkyl halides is 1. The summed E-state index contributed by atoms with van der Waals surface area (Å²) in [6.45, 7) is 0.0318. The molecule has 0 aromatic rings. The minimum absolute atomic E-state index is 0.0139. The highest BCUT2D eigenvalue weighted by Crippen LogP contribution is 2.29. The zero-order valence-electron chi connectivity index (χ0n) is 4.77. The second-order valence-corrected chi connectivity index (χ2v) is 2.06. The van der Waals surface area contributed by atoms with Crippen LogP contribution in [0.15, 0.2) is 0 Å². The Labute approximate surface area is 51.6 Å². The van der Waals surface area contributed by atoms with E-state index in [0.717, 1.165) is 0 Å². The van der Waals surface area contributed by atoms with E-state index in [4.69, 9.17) is 5.26 Å². The number of nitrogens with zero attached hydrogens (tertiary/aromatic N) is 2. The summed E-state index contributed by atoms with van der Waals surface area (Å²) in [5.74, 6) is -2.33. The van der Waals surface area contributed by atoms with E-state index in [1.165, 1.54) is 6.07 Å². The molecule has 0 aromatic carbocycles. The number of nitriles is 1. The Kier molecular flexibility index (Phi) is 1.37. The largest absolute Gasteiger partial charge is 0.275 e. The lowest BCUT2D eigenvalue weighted by Gasteiger charge is -2.13. The monoisotopic (exact) mass is 132 g/mol. The normalized spacial score (nSPS) is 36.6. The zero-order chi connectivity index (χ0) is 6.91. The lowest BCUT2D eigenvalue weighted by atomic mass is 10.2. The maximum absolute atomic E-state index is 12.6. The minimum Gasteiger partial charge on any atom is -0.207 e. The molecule has 0 N–H and O–H groups in total. The number of hydrogen-bond donors (Lipinski definition) is 0. The van der Waals surface area contributed by atoms with Crippen molar-refractivity contribution in [2.75, 3.05) is 6.54 Å². The molecular weight excluding hydrogens is 126 g/mol. The molecule has 4 heteroatoms. The summed E-state index contributed by atoms with van der Waals surface area (Å²) in [6.07, 6.45) is 0.403. The molecule has 1 fully saturated rings. The second-order valence-electron chi connectivity index (χ2n) is 2.06. The highest BCUT2D eigenvalue weighted by Gasteiger charge is 2.42. The van der Waals surface area contributed by atoms with E-state index < -0.39 is 5.79 Å². The Morgan fingerprint density at radius 1 is 1.67 bits per heavy atom. The van der Waals surface area contributed by atoms with Crippen LogP contribution in [0.1, 0.15) is 12.8 Å². The molecule has 50 valence electrons. The van der Waals surface area contributed by atoms with Crippen LogP contribution in [0.4, 0.5) is 8.87 Å². The second kappa shape index (κ2) is 1.92. The molecule has 1 aliphatic rings. The van der Waals surface area contributed by atoms with Gasteiger partial charge in [0.2, 0.25) is 0 Å². The first-order valence-electron chi connectivity index (χ1n) is 2.73. The Hall–Kier alpha value is -0.690. The number of hydrogen-bond acceptors (Lipinski definition) is 2. The van der Waals surface area contributed by atoms with Crippen LogP contribution in [-0.2, 0) is 0 Å². The SMILES string of the molecule is N#C[C@@]1(F)CCCN1F. The van der Waals surface area contributed by atoms with Crippen LogP contribution in [0.2, 0.25) is 0 Å². The van der Waals surface area contributed by atoms with E-state index in [1.54, 1.807) is 0 Å². The molecule has 0 bridgehead atoms. The summed E-state index contributed by atoms with van der Waals surface area (Å²) >= 11 is 0. The molecule has 1 saturated heterocycles. The first-order chi connectivity index (χ1) is 4.19. The molecule has 1 rings (SSSR count). The third kappa shape index (κ3) is 0.879. The topological polar surface area (TPSA) is 27.0 Å². The molecule has 0 aliphatic carbocycles. The van der Waals surface area contributed by atoms with Crippen molar-refractivity contribution < 1.29 is 8.87 Å². The van der Waals surface area contributed by atoms with Crippen molar-refractivity contribution in [3.05, 3.63) is 0 Å². The van der Waals surface area contributed by atoms with Crippen molar-refractivity contribution >= 4 is 0 Å². The molecular formula is C5H6F2N2. The van der Waals surface area contributed by atoms with Crippen LogP contribution in [-0.4, -0.2) is 17.5 Å². The molecule has 1 heterocycles. The fourth-order valence-corrected chi connectivity index (χ4v) is 0.861. The van der Waals surface area contributed by atoms with Crippen molar-refractivity contribution in [3.8, 4) is 6.07 Å². The molecule has 0 saturated carbocycles. The molecule has 2 nitrogen and oxygen atoms in total. The number of rotatable bonds is 0. The van der Waals surface area contributed by atoms with Crippen LogP contribution in [0, 0.1) is 11.3 Å². The van der Waals surface area contributed by atoms with Gasteiger partial charge in [0.05, 0.1) is 0 Å². The lowest BCUT2D eigenvalue weighted by molar-refractivity contribution is -0.0918. The molecule has 0 aromatic heterocycles. The average molecular weight is 132 g/mol. The van der Waals surface area contributed by atoms with Gasteiger partial charge in [0.15, 0.2) is 0 Å². The number of halogens is 2. The Morgan fingerprint density at radius 3 is 2.56 bits per heavy atom. The van der Waals surface area contributed by atoms with Crippen LogP contribution < -0.4 is 0 Å². The Morgan fingerprint density at radius 2 is 2.33 bits per heavy atom. The molecule has 0 unspecified atom stereocenters. The van der Waals surface area contributed by atoms with Gasteiger partial charge >= 0.3 is 0 Å². The smallest absolute Gasteiger partial charge is 0.207 e. The van der Waals surface area contributed by atoms with Gasteiger partial charge in [-0.1, -0.05) is 5.12 Å². The third-order valence-corrected chi connectivity index (χ3v) is 1.42. The Balaban J connectivity index is 2.70. The van der Waals surface area contributed by atoms with Gasteiger partial charge in [-0.15, -0.1) is 4.48 Å². The highest BCUT2D eigenvalue weighted by atomic mass is 19.2. The van der Waals surface area contributed by atoms with Gasteiger partial charge < -0.3 is 0 Å². The summed E-state index contributed by atoms with van der Waals surface area (Å²) < 4.78 is 24.8. The van der Waals surface area contributed by atoms with Crippen LogP contribution in [0.25, 0.3) is 0 Å². The van der Waals surface area contributed by atoms with Gasteiger partial charge in [-0.25, -0.2) is 4.39 Å². The summed E-state index contributed by atoms with van der Waals surface area (Å²) in [6, 6.07) is 1.27. The van der Waals surface area contributed by atoms with Crippen molar-refractivity contribution in [1.29, 1.82) is 5.26 Å². The average Bonchev–Trinajstić information content (AvgIpc) is 2.15. The zero-order valence-corrected chi connectivity index (χ0v) is 4.77. The molecule has 0 spiro atoms. The fraction of sp³-hybridized carbons (Fsp3) is 0.800. The first-order valence-corrected chi connectivity index (χ1v) is 2.73. The van der Waals surface area contributed by atoms with Crippen LogP contribution >= 0.6 is 0 Å². The lowest BCUT2D eigenvalue weighted by Crippen LogP contribution is -2.31. The van der Waals surface area contributed by atoms with E-state index in [9.17, 15) is 8.87 Å². The molecule has 9 heavy (non-hydrogen) atoms. The van der Waals surface area contributed by atoms with Gasteiger partial charge in [0.25, 0.3) is 5.79 Å². The van der Waals surface area contributed by atoms with Crippen molar-refractivity contribution in [2.24, 2.45) is 0 Å². The molecule has 1 aliphatic heterocycles. The highest BCUT2D eigenvalue weighted by molar-refractivity contribution is 5.00. The summed E-state index contributed by atoms with van der Waals surface area (Å²) in [5, 5.41) is 8.04. The fourth-order valence-electron chi connectivity index (χ4n) is 0.861. The predicted octanol–water partition coefficient (Wildman–Crippen LogP) is 1.16. The van der Waals surface area contributed by atoms with E-state index in [0.29, 0.717) is 6.42 Å². The van der Waals surface area contributed by atoms with E-state index in [2.05, 4.69) is 0 Å². The minimum atomic E-state index is -2.33. The van der Waals surface area contributed by atoms with Gasteiger partial charge in [-0.2, -0.15) is 5.26 Å². The summed E-state index contributed by atoms with van der Waals surface area (Å²) in [5.41, 5.74) is 0. The van der Waals surface area contributed by atoms with E-state index >= 15 is 0 Å².